The maximum Gasteiger partial charge on any atom is 0.0897 e. The van der Waals surface area contributed by atoms with Gasteiger partial charge in [0.25, 0.3) is 0 Å². The Balaban J connectivity index is 3.42. The first-order chi connectivity index (χ1) is 10.2. The lowest BCUT2D eigenvalue weighted by Gasteiger charge is -2.19. The third-order valence-electron chi connectivity index (χ3n) is 3.44. The molecule has 128 valence electrons. The molecule has 5 nitrogen and oxygen atoms in total. The molecule has 0 aromatic rings. The highest BCUT2D eigenvalue weighted by Crippen LogP contribution is 2.05. The van der Waals surface area contributed by atoms with Crippen molar-refractivity contribution in [3.05, 3.63) is 0 Å². The molecule has 0 aromatic carbocycles. The van der Waals surface area contributed by atoms with Gasteiger partial charge in [0.1, 0.15) is 0 Å². The first kappa shape index (κ1) is 20.8. The fourth-order valence-corrected chi connectivity index (χ4v) is 2.17. The summed E-state index contributed by atoms with van der Waals surface area (Å²) in [6.45, 7) is 4.42. The number of hydrogen-bond donors (Lipinski definition) is 3. The zero-order valence-corrected chi connectivity index (χ0v) is 13.9. The van der Waals surface area contributed by atoms with E-state index < -0.39 is 6.10 Å². The van der Waals surface area contributed by atoms with Gasteiger partial charge in [-0.2, -0.15) is 0 Å². The molecular weight excluding hydrogens is 270 g/mol. The lowest BCUT2D eigenvalue weighted by Crippen LogP contribution is -2.40. The Bertz CT molecular complexity index is 199. The third kappa shape index (κ3) is 14.5. The Morgan fingerprint density at radius 3 is 2.43 bits per heavy atom. The molecule has 2 unspecified atom stereocenters. The van der Waals surface area contributed by atoms with Gasteiger partial charge in [-0.1, -0.05) is 39.0 Å². The Hall–Kier alpha value is -0.200. The van der Waals surface area contributed by atoms with Crippen molar-refractivity contribution in [3.8, 4) is 0 Å². The number of hydrogen-bond acceptors (Lipinski definition) is 5. The van der Waals surface area contributed by atoms with Crippen LogP contribution in [0.25, 0.3) is 0 Å². The number of methoxy groups -OCH3 is 1. The van der Waals surface area contributed by atoms with Gasteiger partial charge in [-0.15, -0.1) is 0 Å². The van der Waals surface area contributed by atoms with E-state index in [1.807, 2.05) is 0 Å². The molecule has 0 saturated carbocycles. The number of aliphatic hydroxyl groups is 2. The molecule has 0 rings (SSSR count). The Morgan fingerprint density at radius 1 is 1.05 bits per heavy atom. The number of aliphatic hydroxyl groups excluding tert-OH is 2. The van der Waals surface area contributed by atoms with Gasteiger partial charge >= 0.3 is 0 Å². The highest BCUT2D eigenvalue weighted by atomic mass is 16.5. The first-order valence-corrected chi connectivity index (χ1v) is 8.33. The van der Waals surface area contributed by atoms with E-state index in [9.17, 15) is 5.11 Å². The molecule has 0 amide bonds. The van der Waals surface area contributed by atoms with Crippen molar-refractivity contribution in [3.63, 3.8) is 0 Å². The Labute approximate surface area is 130 Å². The van der Waals surface area contributed by atoms with Crippen LogP contribution in [0.1, 0.15) is 51.9 Å². The topological polar surface area (TPSA) is 71.0 Å². The van der Waals surface area contributed by atoms with E-state index in [2.05, 4.69) is 12.2 Å². The van der Waals surface area contributed by atoms with Crippen molar-refractivity contribution in [2.75, 3.05) is 40.1 Å². The summed E-state index contributed by atoms with van der Waals surface area (Å²) in [5.41, 5.74) is 0. The normalized spacial score (nSPS) is 14.3. The van der Waals surface area contributed by atoms with Crippen LogP contribution in [-0.2, 0) is 9.47 Å². The molecular formula is C16H35NO4. The third-order valence-corrected chi connectivity index (χ3v) is 3.44. The quantitative estimate of drug-likeness (QED) is 0.379. The minimum atomic E-state index is -0.511. The molecule has 0 aliphatic rings. The maximum atomic E-state index is 9.82. The zero-order valence-electron chi connectivity index (χ0n) is 13.9. The van der Waals surface area contributed by atoms with Crippen LogP contribution in [0, 0.1) is 0 Å². The predicted octanol–water partition coefficient (Wildman–Crippen LogP) is 1.71. The minimum absolute atomic E-state index is 0.0771. The second-order valence-electron chi connectivity index (χ2n) is 5.57. The number of nitrogens with one attached hydrogen (secondary N) is 1. The number of unbranched alkanes of at least 4 members (excludes halogenated alkanes) is 5. The molecule has 0 radical (unpaired) electrons. The molecule has 21 heavy (non-hydrogen) atoms. The minimum Gasteiger partial charge on any atom is -0.396 e. The maximum absolute atomic E-state index is 9.82. The second-order valence-corrected chi connectivity index (χ2v) is 5.57. The molecule has 2 atom stereocenters. The van der Waals surface area contributed by atoms with Crippen LogP contribution in [0.4, 0.5) is 0 Å². The molecule has 0 fully saturated rings. The van der Waals surface area contributed by atoms with Crippen molar-refractivity contribution >= 4 is 0 Å². The van der Waals surface area contributed by atoms with Crippen LogP contribution >= 0.6 is 0 Å². The number of ether oxygens (including phenoxy) is 2. The molecule has 3 N–H and O–H groups in total. The van der Waals surface area contributed by atoms with E-state index in [1.165, 1.54) is 32.1 Å². The van der Waals surface area contributed by atoms with Gasteiger partial charge in [0.2, 0.25) is 0 Å². The lowest BCUT2D eigenvalue weighted by molar-refractivity contribution is 0.0314. The average molecular weight is 305 g/mol. The largest absolute Gasteiger partial charge is 0.396 e. The summed E-state index contributed by atoms with van der Waals surface area (Å²) < 4.78 is 10.5. The predicted molar refractivity (Wildman–Crippen MR) is 85.6 cm³/mol. The molecule has 5 heteroatoms. The second kappa shape index (κ2) is 16.2. The summed E-state index contributed by atoms with van der Waals surface area (Å²) in [6, 6.07) is 0.0771. The van der Waals surface area contributed by atoms with E-state index >= 15 is 0 Å². The van der Waals surface area contributed by atoms with Crippen LogP contribution < -0.4 is 5.32 Å². The highest BCUT2D eigenvalue weighted by molar-refractivity contribution is 4.68. The lowest BCUT2D eigenvalue weighted by atomic mass is 10.1. The average Bonchev–Trinajstić information content (AvgIpc) is 2.48. The monoisotopic (exact) mass is 305 g/mol. The van der Waals surface area contributed by atoms with Crippen LogP contribution in [0.2, 0.25) is 0 Å². The summed E-state index contributed by atoms with van der Waals surface area (Å²) >= 11 is 0. The van der Waals surface area contributed by atoms with Crippen molar-refractivity contribution in [2.45, 2.75) is 64.0 Å². The summed E-state index contributed by atoms with van der Waals surface area (Å²) in [6.07, 6.45) is 7.58. The van der Waals surface area contributed by atoms with Crippen molar-refractivity contribution < 1.29 is 19.7 Å². The van der Waals surface area contributed by atoms with Crippen LogP contribution in [-0.4, -0.2) is 62.4 Å². The van der Waals surface area contributed by atoms with Crippen molar-refractivity contribution in [1.29, 1.82) is 0 Å². The van der Waals surface area contributed by atoms with Crippen molar-refractivity contribution in [1.82, 2.24) is 5.32 Å². The smallest absolute Gasteiger partial charge is 0.0897 e. The summed E-state index contributed by atoms with van der Waals surface area (Å²) in [4.78, 5) is 0. The van der Waals surface area contributed by atoms with Gasteiger partial charge in [-0.05, 0) is 12.8 Å². The van der Waals surface area contributed by atoms with Gasteiger partial charge in [0.15, 0.2) is 0 Å². The molecule has 0 aliphatic heterocycles. The van der Waals surface area contributed by atoms with Crippen LogP contribution in [0.3, 0.4) is 0 Å². The highest BCUT2D eigenvalue weighted by Gasteiger charge is 2.10. The molecule has 0 aromatic heterocycles. The number of rotatable bonds is 16. The molecule has 0 heterocycles. The molecule has 0 bridgehead atoms. The SMILES string of the molecule is CCCCCCCCOCC(O)CNC(CCO)COC. The van der Waals surface area contributed by atoms with E-state index in [4.69, 9.17) is 14.6 Å². The summed E-state index contributed by atoms with van der Waals surface area (Å²) in [7, 11) is 1.63. The molecule has 0 aliphatic carbocycles. The van der Waals surface area contributed by atoms with E-state index in [1.54, 1.807) is 7.11 Å². The fourth-order valence-electron chi connectivity index (χ4n) is 2.17. The van der Waals surface area contributed by atoms with E-state index in [-0.39, 0.29) is 12.6 Å². The van der Waals surface area contributed by atoms with E-state index in [0.717, 1.165) is 13.0 Å². The van der Waals surface area contributed by atoms with Gasteiger partial charge in [-0.25, -0.2) is 0 Å². The molecule has 0 saturated heterocycles. The van der Waals surface area contributed by atoms with Crippen LogP contribution in [0.15, 0.2) is 0 Å². The first-order valence-electron chi connectivity index (χ1n) is 8.33. The molecule has 0 spiro atoms. The standard InChI is InChI=1S/C16H35NO4/c1-3-4-5-6-7-8-11-21-14-16(19)12-17-15(9-10-18)13-20-2/h15-19H,3-14H2,1-2H3. The van der Waals surface area contributed by atoms with Gasteiger partial charge in [-0.3, -0.25) is 0 Å². The van der Waals surface area contributed by atoms with Crippen molar-refractivity contribution in [2.24, 2.45) is 0 Å². The zero-order chi connectivity index (χ0) is 15.8. The summed E-state index contributed by atoms with van der Waals surface area (Å²) in [5.74, 6) is 0. The van der Waals surface area contributed by atoms with Crippen LogP contribution in [0.5, 0.6) is 0 Å². The van der Waals surface area contributed by atoms with Gasteiger partial charge < -0.3 is 25.0 Å². The fraction of sp³-hybridized carbons (Fsp3) is 1.00. The van der Waals surface area contributed by atoms with Gasteiger partial charge in [0, 0.05) is 32.9 Å². The Kier molecular flexibility index (Phi) is 16.0. The summed E-state index contributed by atoms with van der Waals surface area (Å²) in [5, 5.41) is 21.9. The Morgan fingerprint density at radius 2 is 1.76 bits per heavy atom. The van der Waals surface area contributed by atoms with E-state index in [0.29, 0.717) is 26.2 Å². The van der Waals surface area contributed by atoms with Gasteiger partial charge in [0.05, 0.1) is 19.3 Å².